The number of allylic oxidation sites excluding steroid dienone is 1. The van der Waals surface area contributed by atoms with Crippen LogP contribution in [0.25, 0.3) is 0 Å². The first kappa shape index (κ1) is 10.5. The second kappa shape index (κ2) is 4.61. The molecule has 0 heterocycles. The number of methoxy groups -OCH3 is 1. The Morgan fingerprint density at radius 1 is 1.50 bits per heavy atom. The van der Waals surface area contributed by atoms with E-state index in [0.29, 0.717) is 5.56 Å². The van der Waals surface area contributed by atoms with E-state index in [1.165, 1.54) is 7.11 Å². The fourth-order valence-electron chi connectivity index (χ4n) is 1.32. The van der Waals surface area contributed by atoms with E-state index < -0.39 is 0 Å². The molecule has 1 aromatic carbocycles. The van der Waals surface area contributed by atoms with Gasteiger partial charge in [-0.1, -0.05) is 31.2 Å². The highest BCUT2D eigenvalue weighted by molar-refractivity contribution is 5.91. The van der Waals surface area contributed by atoms with E-state index in [1.807, 2.05) is 31.2 Å². The van der Waals surface area contributed by atoms with Crippen LogP contribution >= 0.6 is 0 Å². The molecule has 0 aliphatic heterocycles. The Morgan fingerprint density at radius 3 is 2.71 bits per heavy atom. The lowest BCUT2D eigenvalue weighted by molar-refractivity contribution is 0.0599. The summed E-state index contributed by atoms with van der Waals surface area (Å²) >= 11 is 0. The number of benzene rings is 1. The predicted molar refractivity (Wildman–Crippen MR) is 56.4 cm³/mol. The fourth-order valence-corrected chi connectivity index (χ4v) is 1.32. The van der Waals surface area contributed by atoms with Gasteiger partial charge in [-0.25, -0.2) is 4.79 Å². The van der Waals surface area contributed by atoms with Crippen molar-refractivity contribution in [1.29, 1.82) is 0 Å². The lowest BCUT2D eigenvalue weighted by Crippen LogP contribution is -2.06. The molecule has 0 aliphatic rings. The number of rotatable bonds is 3. The molecule has 0 saturated heterocycles. The monoisotopic (exact) mass is 190 g/mol. The van der Waals surface area contributed by atoms with Crippen LogP contribution in [0.3, 0.4) is 0 Å². The van der Waals surface area contributed by atoms with E-state index >= 15 is 0 Å². The van der Waals surface area contributed by atoms with Gasteiger partial charge in [0.2, 0.25) is 0 Å². The Balaban J connectivity index is 3.15. The van der Waals surface area contributed by atoms with E-state index in [4.69, 9.17) is 4.74 Å². The molecule has 1 unspecified atom stereocenters. The highest BCUT2D eigenvalue weighted by Gasteiger charge is 2.13. The van der Waals surface area contributed by atoms with Crippen molar-refractivity contribution in [1.82, 2.24) is 0 Å². The summed E-state index contributed by atoms with van der Waals surface area (Å²) in [4.78, 5) is 11.4. The zero-order valence-electron chi connectivity index (χ0n) is 8.49. The molecule has 74 valence electrons. The average Bonchev–Trinajstić information content (AvgIpc) is 2.27. The van der Waals surface area contributed by atoms with E-state index in [1.54, 1.807) is 6.07 Å². The quantitative estimate of drug-likeness (QED) is 0.541. The van der Waals surface area contributed by atoms with Crippen LogP contribution in [0.2, 0.25) is 0 Å². The number of hydrogen-bond donors (Lipinski definition) is 0. The van der Waals surface area contributed by atoms with Gasteiger partial charge in [0.15, 0.2) is 0 Å². The molecule has 2 heteroatoms. The van der Waals surface area contributed by atoms with Gasteiger partial charge in [-0.05, 0) is 17.5 Å². The van der Waals surface area contributed by atoms with Crippen LogP contribution in [-0.4, -0.2) is 13.1 Å². The van der Waals surface area contributed by atoms with Gasteiger partial charge in [0.25, 0.3) is 0 Å². The van der Waals surface area contributed by atoms with Crippen LogP contribution in [0.1, 0.15) is 28.8 Å². The van der Waals surface area contributed by atoms with Crippen molar-refractivity contribution in [2.45, 2.75) is 12.8 Å². The predicted octanol–water partition coefficient (Wildman–Crippen LogP) is 2.76. The third-order valence-electron chi connectivity index (χ3n) is 2.21. The molecule has 2 nitrogen and oxygen atoms in total. The third kappa shape index (κ3) is 2.02. The van der Waals surface area contributed by atoms with E-state index in [9.17, 15) is 4.79 Å². The van der Waals surface area contributed by atoms with E-state index in [-0.39, 0.29) is 11.9 Å². The van der Waals surface area contributed by atoms with Gasteiger partial charge < -0.3 is 4.74 Å². The second-order valence-corrected chi connectivity index (χ2v) is 3.10. The first-order valence-electron chi connectivity index (χ1n) is 4.50. The molecule has 1 aromatic rings. The van der Waals surface area contributed by atoms with Crippen LogP contribution in [-0.2, 0) is 4.74 Å². The minimum Gasteiger partial charge on any atom is -0.465 e. The maximum atomic E-state index is 11.4. The third-order valence-corrected chi connectivity index (χ3v) is 2.21. The molecular formula is C12H14O2. The molecular weight excluding hydrogens is 176 g/mol. The minimum atomic E-state index is -0.297. The highest BCUT2D eigenvalue weighted by atomic mass is 16.5. The highest BCUT2D eigenvalue weighted by Crippen LogP contribution is 2.20. The molecule has 1 rings (SSSR count). The Kier molecular flexibility index (Phi) is 3.46. The SMILES string of the molecule is C=CC(C)c1ccccc1C(=O)OC. The van der Waals surface area contributed by atoms with Gasteiger partial charge in [0.05, 0.1) is 12.7 Å². The molecule has 0 aromatic heterocycles. The van der Waals surface area contributed by atoms with Crippen molar-refractivity contribution in [3.05, 3.63) is 48.0 Å². The van der Waals surface area contributed by atoms with Crippen molar-refractivity contribution < 1.29 is 9.53 Å². The van der Waals surface area contributed by atoms with Gasteiger partial charge in [0.1, 0.15) is 0 Å². The van der Waals surface area contributed by atoms with Crippen LogP contribution in [0, 0.1) is 0 Å². The topological polar surface area (TPSA) is 26.3 Å². The van der Waals surface area contributed by atoms with Crippen molar-refractivity contribution >= 4 is 5.97 Å². The molecule has 0 N–H and O–H groups in total. The molecule has 0 amide bonds. The Bertz CT molecular complexity index is 342. The largest absolute Gasteiger partial charge is 0.465 e. The number of hydrogen-bond acceptors (Lipinski definition) is 2. The van der Waals surface area contributed by atoms with Gasteiger partial charge in [-0.15, -0.1) is 6.58 Å². The minimum absolute atomic E-state index is 0.158. The van der Waals surface area contributed by atoms with Crippen molar-refractivity contribution in [2.75, 3.05) is 7.11 Å². The molecule has 0 saturated carbocycles. The smallest absolute Gasteiger partial charge is 0.338 e. The zero-order chi connectivity index (χ0) is 10.6. The summed E-state index contributed by atoms with van der Waals surface area (Å²) in [7, 11) is 1.39. The normalized spacial score (nSPS) is 11.9. The Hall–Kier alpha value is -1.57. The summed E-state index contributed by atoms with van der Waals surface area (Å²) in [5.41, 5.74) is 1.57. The molecule has 14 heavy (non-hydrogen) atoms. The summed E-state index contributed by atoms with van der Waals surface area (Å²) in [6.07, 6.45) is 1.81. The summed E-state index contributed by atoms with van der Waals surface area (Å²) in [5, 5.41) is 0. The molecule has 0 fully saturated rings. The standard InChI is InChI=1S/C12H14O2/c1-4-9(2)10-7-5-6-8-11(10)12(13)14-3/h4-9H,1H2,2-3H3. The second-order valence-electron chi connectivity index (χ2n) is 3.10. The molecule has 1 atom stereocenters. The first-order valence-corrected chi connectivity index (χ1v) is 4.50. The maximum Gasteiger partial charge on any atom is 0.338 e. The zero-order valence-corrected chi connectivity index (χ0v) is 8.49. The molecule has 0 aliphatic carbocycles. The number of esters is 1. The van der Waals surface area contributed by atoms with Crippen molar-refractivity contribution in [2.24, 2.45) is 0 Å². The van der Waals surface area contributed by atoms with Crippen LogP contribution in [0.15, 0.2) is 36.9 Å². The molecule has 0 radical (unpaired) electrons. The number of carbonyl (C=O) groups is 1. The summed E-state index contributed by atoms with van der Waals surface area (Å²) in [5.74, 6) is -0.139. The number of carbonyl (C=O) groups excluding carboxylic acids is 1. The Morgan fingerprint density at radius 2 is 2.14 bits per heavy atom. The lowest BCUT2D eigenvalue weighted by Gasteiger charge is -2.10. The average molecular weight is 190 g/mol. The first-order chi connectivity index (χ1) is 6.70. The van der Waals surface area contributed by atoms with Crippen molar-refractivity contribution in [3.63, 3.8) is 0 Å². The Labute approximate surface area is 84.2 Å². The maximum absolute atomic E-state index is 11.4. The van der Waals surface area contributed by atoms with Crippen molar-refractivity contribution in [3.8, 4) is 0 Å². The summed E-state index contributed by atoms with van der Waals surface area (Å²) in [6.45, 7) is 5.71. The molecule has 0 bridgehead atoms. The van der Waals surface area contributed by atoms with E-state index in [2.05, 4.69) is 6.58 Å². The van der Waals surface area contributed by atoms with Crippen LogP contribution < -0.4 is 0 Å². The van der Waals surface area contributed by atoms with Gasteiger partial charge in [-0.3, -0.25) is 0 Å². The van der Waals surface area contributed by atoms with Gasteiger partial charge in [-0.2, -0.15) is 0 Å². The van der Waals surface area contributed by atoms with E-state index in [0.717, 1.165) is 5.56 Å². The molecule has 0 spiro atoms. The van der Waals surface area contributed by atoms with Gasteiger partial charge in [0, 0.05) is 0 Å². The van der Waals surface area contributed by atoms with Gasteiger partial charge >= 0.3 is 5.97 Å². The number of ether oxygens (including phenoxy) is 1. The lowest BCUT2D eigenvalue weighted by atomic mass is 9.96. The van der Waals surface area contributed by atoms with Crippen LogP contribution in [0.4, 0.5) is 0 Å². The summed E-state index contributed by atoms with van der Waals surface area (Å²) in [6, 6.07) is 7.41. The van der Waals surface area contributed by atoms with Crippen LogP contribution in [0.5, 0.6) is 0 Å². The fraction of sp³-hybridized carbons (Fsp3) is 0.250. The summed E-state index contributed by atoms with van der Waals surface area (Å²) < 4.78 is 4.70.